The maximum absolute atomic E-state index is 10.2. The summed E-state index contributed by atoms with van der Waals surface area (Å²) in [6.45, 7) is 2.95. The van der Waals surface area contributed by atoms with E-state index in [9.17, 15) is 5.11 Å². The Hall–Kier alpha value is -4.13. The molecule has 0 spiro atoms. The Bertz CT molecular complexity index is 1390. The molecule has 3 aromatic heterocycles. The molecule has 0 aliphatic carbocycles. The van der Waals surface area contributed by atoms with Crippen molar-refractivity contribution in [1.82, 2.24) is 24.3 Å². The van der Waals surface area contributed by atoms with Gasteiger partial charge in [0.25, 0.3) is 0 Å². The molecular formula is C25H23N5O2. The number of hydrogen-bond donors (Lipinski definition) is 1. The highest BCUT2D eigenvalue weighted by Gasteiger charge is 2.12. The lowest BCUT2D eigenvalue weighted by Crippen LogP contribution is -2.01. The zero-order valence-electron chi connectivity index (χ0n) is 17.9. The molecule has 5 aromatic rings. The molecule has 0 fully saturated rings. The average molecular weight is 425 g/mol. The number of benzene rings is 2. The lowest BCUT2D eigenvalue weighted by molar-refractivity contribution is 0.288. The fourth-order valence-electron chi connectivity index (χ4n) is 3.80. The van der Waals surface area contributed by atoms with Gasteiger partial charge in [-0.15, -0.1) is 0 Å². The smallest absolute Gasteiger partial charge is 0.161 e. The van der Waals surface area contributed by atoms with Gasteiger partial charge in [-0.25, -0.2) is 9.97 Å². The molecule has 0 unspecified atom stereocenters. The molecule has 0 saturated carbocycles. The highest BCUT2D eigenvalue weighted by atomic mass is 16.5. The van der Waals surface area contributed by atoms with Crippen LogP contribution in [0.5, 0.6) is 11.5 Å². The summed E-state index contributed by atoms with van der Waals surface area (Å²) >= 11 is 0. The second kappa shape index (κ2) is 8.19. The van der Waals surface area contributed by atoms with Crippen molar-refractivity contribution in [3.63, 3.8) is 0 Å². The van der Waals surface area contributed by atoms with Gasteiger partial charge in [0.15, 0.2) is 17.1 Å². The van der Waals surface area contributed by atoms with Gasteiger partial charge in [-0.3, -0.25) is 4.68 Å². The number of rotatable bonds is 6. The van der Waals surface area contributed by atoms with E-state index in [2.05, 4.69) is 15.1 Å². The van der Waals surface area contributed by atoms with Gasteiger partial charge >= 0.3 is 0 Å². The third-order valence-electron chi connectivity index (χ3n) is 5.39. The third-order valence-corrected chi connectivity index (χ3v) is 5.39. The maximum Gasteiger partial charge on any atom is 0.161 e. The van der Waals surface area contributed by atoms with Gasteiger partial charge in [0.05, 0.1) is 18.6 Å². The normalized spacial score (nSPS) is 11.2. The second-order valence-corrected chi connectivity index (χ2v) is 7.82. The minimum absolute atomic E-state index is 0.120. The van der Waals surface area contributed by atoms with Crippen molar-refractivity contribution < 1.29 is 9.84 Å². The Morgan fingerprint density at radius 2 is 1.84 bits per heavy atom. The van der Waals surface area contributed by atoms with E-state index in [0.717, 1.165) is 39.1 Å². The van der Waals surface area contributed by atoms with Gasteiger partial charge in [-0.1, -0.05) is 36.4 Å². The Morgan fingerprint density at radius 3 is 2.62 bits per heavy atom. The van der Waals surface area contributed by atoms with Crippen LogP contribution in [0.1, 0.15) is 16.8 Å². The van der Waals surface area contributed by atoms with E-state index in [-0.39, 0.29) is 5.75 Å². The first kappa shape index (κ1) is 19.8. The summed E-state index contributed by atoms with van der Waals surface area (Å²) in [6.07, 6.45) is 5.63. The molecule has 3 heterocycles. The molecule has 32 heavy (non-hydrogen) atoms. The van der Waals surface area contributed by atoms with E-state index in [1.165, 1.54) is 0 Å². The quantitative estimate of drug-likeness (QED) is 0.434. The van der Waals surface area contributed by atoms with Crippen molar-refractivity contribution in [2.45, 2.75) is 20.1 Å². The first-order valence-electron chi connectivity index (χ1n) is 10.4. The van der Waals surface area contributed by atoms with Crippen LogP contribution in [0.4, 0.5) is 0 Å². The molecule has 0 aliphatic rings. The number of phenols is 1. The zero-order chi connectivity index (χ0) is 22.1. The molecule has 0 atom stereocenters. The Labute approximate surface area is 185 Å². The van der Waals surface area contributed by atoms with Gasteiger partial charge in [0.1, 0.15) is 12.1 Å². The van der Waals surface area contributed by atoms with Crippen molar-refractivity contribution in [3.8, 4) is 22.6 Å². The molecule has 0 aliphatic heterocycles. The fourth-order valence-corrected chi connectivity index (χ4v) is 3.80. The van der Waals surface area contributed by atoms with Gasteiger partial charge in [-0.2, -0.15) is 5.10 Å². The molecule has 0 radical (unpaired) electrons. The van der Waals surface area contributed by atoms with Crippen LogP contribution in [0.25, 0.3) is 22.3 Å². The lowest BCUT2D eigenvalue weighted by Gasteiger charge is -2.11. The molecule has 0 bridgehead atoms. The zero-order valence-corrected chi connectivity index (χ0v) is 17.9. The summed E-state index contributed by atoms with van der Waals surface area (Å²) in [5.74, 6) is 0.577. The van der Waals surface area contributed by atoms with Crippen LogP contribution >= 0.6 is 0 Å². The third kappa shape index (κ3) is 3.92. The number of aromatic hydroxyl groups is 1. The molecule has 160 valence electrons. The monoisotopic (exact) mass is 425 g/mol. The molecular weight excluding hydrogens is 402 g/mol. The SMILES string of the molecule is Cc1nn(C)cc1-c1cnc2c(c1)ncn2Cc1ccc(O)c(OCc2ccccc2)c1. The van der Waals surface area contributed by atoms with Crippen LogP contribution in [-0.2, 0) is 20.2 Å². The van der Waals surface area contributed by atoms with Crippen LogP contribution in [-0.4, -0.2) is 29.4 Å². The lowest BCUT2D eigenvalue weighted by atomic mass is 10.1. The van der Waals surface area contributed by atoms with E-state index in [4.69, 9.17) is 4.74 Å². The Balaban J connectivity index is 1.38. The first-order valence-corrected chi connectivity index (χ1v) is 10.4. The number of aryl methyl sites for hydroxylation is 2. The number of imidazole rings is 1. The van der Waals surface area contributed by atoms with Gasteiger partial charge < -0.3 is 14.4 Å². The second-order valence-electron chi connectivity index (χ2n) is 7.82. The van der Waals surface area contributed by atoms with Crippen LogP contribution in [0, 0.1) is 6.92 Å². The van der Waals surface area contributed by atoms with Crippen LogP contribution < -0.4 is 4.74 Å². The maximum atomic E-state index is 10.2. The Kier molecular flexibility index (Phi) is 5.07. The molecule has 5 rings (SSSR count). The van der Waals surface area contributed by atoms with E-state index in [1.54, 1.807) is 17.1 Å². The average Bonchev–Trinajstić information content (AvgIpc) is 3.36. The summed E-state index contributed by atoms with van der Waals surface area (Å²) in [5.41, 5.74) is 6.66. The van der Waals surface area contributed by atoms with E-state index in [0.29, 0.717) is 18.9 Å². The fraction of sp³-hybridized carbons (Fsp3) is 0.160. The summed E-state index contributed by atoms with van der Waals surface area (Å²) in [6, 6.07) is 17.3. The largest absolute Gasteiger partial charge is 0.504 e. The van der Waals surface area contributed by atoms with Crippen molar-refractivity contribution in [3.05, 3.63) is 90.1 Å². The molecule has 7 heteroatoms. The molecule has 2 aromatic carbocycles. The number of nitrogens with zero attached hydrogens (tertiary/aromatic N) is 5. The summed E-state index contributed by atoms with van der Waals surface area (Å²) in [4.78, 5) is 9.21. The first-order chi connectivity index (χ1) is 15.6. The van der Waals surface area contributed by atoms with E-state index < -0.39 is 0 Å². The summed E-state index contributed by atoms with van der Waals surface area (Å²) < 4.78 is 9.64. The number of fused-ring (bicyclic) bond motifs is 1. The molecule has 0 amide bonds. The van der Waals surface area contributed by atoms with Crippen LogP contribution in [0.3, 0.4) is 0 Å². The van der Waals surface area contributed by atoms with Crippen LogP contribution in [0.2, 0.25) is 0 Å². The summed E-state index contributed by atoms with van der Waals surface area (Å²) in [5, 5.41) is 14.6. The number of aromatic nitrogens is 5. The number of hydrogen-bond acceptors (Lipinski definition) is 5. The molecule has 0 saturated heterocycles. The predicted molar refractivity (Wildman–Crippen MR) is 122 cm³/mol. The molecule has 1 N–H and O–H groups in total. The standard InChI is InChI=1S/C25H23N5O2/c1-17-21(14-29(2)28-17)20-11-22-25(26-12-20)30(16-27-22)13-19-8-9-23(31)24(10-19)32-15-18-6-4-3-5-7-18/h3-12,14,16,31H,13,15H2,1-2H3. The van der Waals surface area contributed by atoms with Gasteiger partial charge in [0, 0.05) is 30.6 Å². The van der Waals surface area contributed by atoms with E-state index >= 15 is 0 Å². The highest BCUT2D eigenvalue weighted by Crippen LogP contribution is 2.29. The van der Waals surface area contributed by atoms with Gasteiger partial charge in [0.2, 0.25) is 0 Å². The Morgan fingerprint density at radius 1 is 1.00 bits per heavy atom. The van der Waals surface area contributed by atoms with Crippen molar-refractivity contribution in [1.29, 1.82) is 0 Å². The van der Waals surface area contributed by atoms with E-state index in [1.807, 2.05) is 79.5 Å². The number of phenolic OH excluding ortho intramolecular Hbond substituents is 1. The summed E-state index contributed by atoms with van der Waals surface area (Å²) in [7, 11) is 1.91. The van der Waals surface area contributed by atoms with Crippen molar-refractivity contribution >= 4 is 11.2 Å². The van der Waals surface area contributed by atoms with Crippen molar-refractivity contribution in [2.24, 2.45) is 7.05 Å². The predicted octanol–water partition coefficient (Wildman–Crippen LogP) is 4.47. The minimum Gasteiger partial charge on any atom is -0.504 e. The highest BCUT2D eigenvalue weighted by molar-refractivity contribution is 5.78. The molecule has 7 nitrogen and oxygen atoms in total. The number of ether oxygens (including phenoxy) is 1. The topological polar surface area (TPSA) is 78.0 Å². The van der Waals surface area contributed by atoms with Crippen molar-refractivity contribution in [2.75, 3.05) is 0 Å². The van der Waals surface area contributed by atoms with Crippen LogP contribution in [0.15, 0.2) is 73.3 Å². The number of pyridine rings is 1. The minimum atomic E-state index is 0.120. The van der Waals surface area contributed by atoms with Gasteiger partial charge in [-0.05, 0) is 36.2 Å².